The maximum atomic E-state index is 11.2. The summed E-state index contributed by atoms with van der Waals surface area (Å²) in [6.07, 6.45) is 4.67. The average molecular weight is 230 g/mol. The molecule has 0 unspecified atom stereocenters. The summed E-state index contributed by atoms with van der Waals surface area (Å²) in [6.45, 7) is 1.05. The van der Waals surface area contributed by atoms with Crippen molar-refractivity contribution in [3.8, 4) is 0 Å². The topological polar surface area (TPSA) is 61.2 Å². The van der Waals surface area contributed by atoms with Gasteiger partial charge in [0, 0.05) is 19.0 Å². The second kappa shape index (κ2) is 4.12. The van der Waals surface area contributed by atoms with E-state index in [2.05, 4.69) is 0 Å². The fourth-order valence-corrected chi connectivity index (χ4v) is 3.61. The van der Waals surface area contributed by atoms with Gasteiger partial charge < -0.3 is 4.90 Å². The molecule has 0 aromatic carbocycles. The van der Waals surface area contributed by atoms with Crippen molar-refractivity contribution in [2.45, 2.75) is 25.7 Å². The van der Waals surface area contributed by atoms with Gasteiger partial charge in [0.1, 0.15) is 0 Å². The highest BCUT2D eigenvalue weighted by Gasteiger charge is 2.28. The molecule has 0 bridgehead atoms. The lowest BCUT2D eigenvalue weighted by Gasteiger charge is -2.31. The molecule has 86 valence electrons. The molecule has 0 amide bonds. The van der Waals surface area contributed by atoms with Crippen LogP contribution in [-0.4, -0.2) is 43.7 Å². The molecule has 0 spiro atoms. The van der Waals surface area contributed by atoms with Crippen molar-refractivity contribution in [1.82, 2.24) is 4.90 Å². The normalized spacial score (nSPS) is 26.8. The lowest BCUT2D eigenvalue weighted by molar-refractivity contribution is 0.412. The summed E-state index contributed by atoms with van der Waals surface area (Å²) in [5.41, 5.74) is 0. The van der Waals surface area contributed by atoms with Gasteiger partial charge in [0.2, 0.25) is 0 Å². The Balaban J connectivity index is 1.92. The number of sulfone groups is 1. The van der Waals surface area contributed by atoms with E-state index in [4.69, 9.17) is 5.41 Å². The molecule has 0 atom stereocenters. The third-order valence-corrected chi connectivity index (χ3v) is 5.04. The van der Waals surface area contributed by atoms with Gasteiger partial charge in [-0.2, -0.15) is 0 Å². The van der Waals surface area contributed by atoms with Gasteiger partial charge in [0.05, 0.1) is 17.3 Å². The SMILES string of the molecule is N=C(C1CCCC1)N1CCS(=O)(=O)CC1. The molecule has 0 radical (unpaired) electrons. The number of rotatable bonds is 1. The number of nitrogens with zero attached hydrogens (tertiary/aromatic N) is 1. The van der Waals surface area contributed by atoms with E-state index in [0.717, 1.165) is 12.8 Å². The van der Waals surface area contributed by atoms with Gasteiger partial charge in [0.15, 0.2) is 9.84 Å². The van der Waals surface area contributed by atoms with Crippen LogP contribution in [0.2, 0.25) is 0 Å². The van der Waals surface area contributed by atoms with Crippen molar-refractivity contribution in [2.24, 2.45) is 5.92 Å². The molecule has 2 aliphatic rings. The molecule has 1 N–H and O–H groups in total. The first kappa shape index (κ1) is 10.9. The van der Waals surface area contributed by atoms with E-state index >= 15 is 0 Å². The molecule has 1 aliphatic heterocycles. The Morgan fingerprint density at radius 1 is 1.13 bits per heavy atom. The van der Waals surface area contributed by atoms with Crippen LogP contribution in [0.3, 0.4) is 0 Å². The molecule has 2 rings (SSSR count). The van der Waals surface area contributed by atoms with Crippen LogP contribution in [0.5, 0.6) is 0 Å². The van der Waals surface area contributed by atoms with Gasteiger partial charge in [-0.1, -0.05) is 12.8 Å². The van der Waals surface area contributed by atoms with E-state index in [-0.39, 0.29) is 11.5 Å². The summed E-state index contributed by atoms with van der Waals surface area (Å²) >= 11 is 0. The Morgan fingerprint density at radius 3 is 2.20 bits per heavy atom. The van der Waals surface area contributed by atoms with Gasteiger partial charge in [-0.15, -0.1) is 0 Å². The van der Waals surface area contributed by atoms with Crippen molar-refractivity contribution in [1.29, 1.82) is 5.41 Å². The maximum Gasteiger partial charge on any atom is 0.153 e. The lowest BCUT2D eigenvalue weighted by Crippen LogP contribution is -2.45. The first-order chi connectivity index (χ1) is 7.08. The molecule has 15 heavy (non-hydrogen) atoms. The summed E-state index contributed by atoms with van der Waals surface area (Å²) in [4.78, 5) is 1.96. The predicted octanol–water partition coefficient (Wildman–Crippen LogP) is 0.884. The predicted molar refractivity (Wildman–Crippen MR) is 59.9 cm³/mol. The Morgan fingerprint density at radius 2 is 1.67 bits per heavy atom. The minimum atomic E-state index is -2.81. The highest BCUT2D eigenvalue weighted by atomic mass is 32.2. The smallest absolute Gasteiger partial charge is 0.153 e. The summed E-state index contributed by atoms with van der Waals surface area (Å²) in [5.74, 6) is 1.53. The minimum Gasteiger partial charge on any atom is -0.358 e. The maximum absolute atomic E-state index is 11.2. The van der Waals surface area contributed by atoms with Gasteiger partial charge in [-0.25, -0.2) is 8.42 Å². The van der Waals surface area contributed by atoms with Crippen LogP contribution in [0.25, 0.3) is 0 Å². The molecule has 1 heterocycles. The molecule has 1 saturated carbocycles. The number of hydrogen-bond acceptors (Lipinski definition) is 3. The summed E-state index contributed by atoms with van der Waals surface area (Å²) in [7, 11) is -2.81. The molecular weight excluding hydrogens is 212 g/mol. The highest BCUT2D eigenvalue weighted by Crippen LogP contribution is 2.27. The first-order valence-electron chi connectivity index (χ1n) is 5.62. The molecule has 4 nitrogen and oxygen atoms in total. The van der Waals surface area contributed by atoms with Crippen LogP contribution >= 0.6 is 0 Å². The zero-order chi connectivity index (χ0) is 10.9. The van der Waals surface area contributed by atoms with Crippen LogP contribution in [0, 0.1) is 11.3 Å². The van der Waals surface area contributed by atoms with Crippen LogP contribution < -0.4 is 0 Å². The standard InChI is InChI=1S/C10H18N2O2S/c11-10(9-3-1-2-4-9)12-5-7-15(13,14)8-6-12/h9,11H,1-8H2. The monoisotopic (exact) mass is 230 g/mol. The Labute approximate surface area is 91.1 Å². The molecule has 1 aliphatic carbocycles. The van der Waals surface area contributed by atoms with E-state index < -0.39 is 9.84 Å². The van der Waals surface area contributed by atoms with Crippen LogP contribution in [0.4, 0.5) is 0 Å². The average Bonchev–Trinajstić information content (AvgIpc) is 2.69. The van der Waals surface area contributed by atoms with Crippen molar-refractivity contribution >= 4 is 15.7 Å². The fourth-order valence-electron chi connectivity index (χ4n) is 2.41. The highest BCUT2D eigenvalue weighted by molar-refractivity contribution is 7.91. The summed E-state index contributed by atoms with van der Waals surface area (Å²) in [5, 5.41) is 8.04. The van der Waals surface area contributed by atoms with E-state index in [1.54, 1.807) is 0 Å². The van der Waals surface area contributed by atoms with Gasteiger partial charge in [-0.05, 0) is 12.8 Å². The number of nitrogens with one attached hydrogen (secondary N) is 1. The van der Waals surface area contributed by atoms with E-state index in [0.29, 0.717) is 24.8 Å². The summed E-state index contributed by atoms with van der Waals surface area (Å²) < 4.78 is 22.5. The second-order valence-corrected chi connectivity index (χ2v) is 6.81. The van der Waals surface area contributed by atoms with Crippen LogP contribution in [0.1, 0.15) is 25.7 Å². The van der Waals surface area contributed by atoms with Gasteiger partial charge in [-0.3, -0.25) is 5.41 Å². The molecule has 0 aromatic rings. The fraction of sp³-hybridized carbons (Fsp3) is 0.900. The molecule has 1 saturated heterocycles. The van der Waals surface area contributed by atoms with Crippen molar-refractivity contribution < 1.29 is 8.42 Å². The van der Waals surface area contributed by atoms with Crippen LogP contribution in [0.15, 0.2) is 0 Å². The second-order valence-electron chi connectivity index (χ2n) is 4.51. The van der Waals surface area contributed by atoms with Gasteiger partial charge >= 0.3 is 0 Å². The first-order valence-corrected chi connectivity index (χ1v) is 7.44. The van der Waals surface area contributed by atoms with E-state index in [9.17, 15) is 8.42 Å². The molecular formula is C10H18N2O2S. The quantitative estimate of drug-likeness (QED) is 0.537. The Kier molecular flexibility index (Phi) is 3.00. The van der Waals surface area contributed by atoms with Crippen molar-refractivity contribution in [3.05, 3.63) is 0 Å². The van der Waals surface area contributed by atoms with Crippen molar-refractivity contribution in [2.75, 3.05) is 24.6 Å². The third kappa shape index (κ3) is 2.51. The third-order valence-electron chi connectivity index (χ3n) is 3.43. The molecule has 5 heteroatoms. The lowest BCUT2D eigenvalue weighted by atomic mass is 10.1. The van der Waals surface area contributed by atoms with E-state index in [1.165, 1.54) is 12.8 Å². The van der Waals surface area contributed by atoms with Gasteiger partial charge in [0.25, 0.3) is 0 Å². The summed E-state index contributed by atoms with van der Waals surface area (Å²) in [6, 6.07) is 0. The van der Waals surface area contributed by atoms with Crippen LogP contribution in [-0.2, 0) is 9.84 Å². The Bertz CT molecular complexity index is 330. The molecule has 0 aromatic heterocycles. The van der Waals surface area contributed by atoms with Crippen molar-refractivity contribution in [3.63, 3.8) is 0 Å². The zero-order valence-corrected chi connectivity index (χ0v) is 9.72. The number of amidine groups is 1. The van der Waals surface area contributed by atoms with E-state index in [1.807, 2.05) is 4.90 Å². The molecule has 2 fully saturated rings. The zero-order valence-electron chi connectivity index (χ0n) is 8.91. The largest absolute Gasteiger partial charge is 0.358 e. The minimum absolute atomic E-state index is 0.224. The number of hydrogen-bond donors (Lipinski definition) is 1. The Hall–Kier alpha value is -0.580.